The first-order chi connectivity index (χ1) is 14.8. The van der Waals surface area contributed by atoms with Gasteiger partial charge in [0.05, 0.1) is 4.88 Å². The molecule has 4 rings (SSSR count). The Morgan fingerprint density at radius 3 is 2.81 bits per heavy atom. The summed E-state index contributed by atoms with van der Waals surface area (Å²) in [7, 11) is -3.87. The summed E-state index contributed by atoms with van der Waals surface area (Å²) in [6, 6.07) is 10.3. The number of aryl methyl sites for hydroxylation is 1. The highest BCUT2D eigenvalue weighted by molar-refractivity contribution is 7.91. The van der Waals surface area contributed by atoms with Crippen LogP contribution >= 0.6 is 22.9 Å². The number of nitrogens with one attached hydrogen (secondary N) is 2. The number of thiophene rings is 1. The lowest BCUT2D eigenvalue weighted by Gasteiger charge is -2.23. The molecule has 2 N–H and O–H groups in total. The lowest BCUT2D eigenvalue weighted by Crippen LogP contribution is -2.42. The minimum atomic E-state index is -3.87. The number of benzene rings is 1. The van der Waals surface area contributed by atoms with Gasteiger partial charge in [-0.25, -0.2) is 13.5 Å². The van der Waals surface area contributed by atoms with Gasteiger partial charge in [-0.15, -0.1) is 11.3 Å². The van der Waals surface area contributed by atoms with Crippen LogP contribution < -0.4 is 10.9 Å². The quantitative estimate of drug-likeness (QED) is 0.584. The van der Waals surface area contributed by atoms with E-state index in [2.05, 4.69) is 15.5 Å². The van der Waals surface area contributed by atoms with Crippen molar-refractivity contribution in [3.8, 4) is 10.6 Å². The molecular weight excluding hydrogens is 460 g/mol. The summed E-state index contributed by atoms with van der Waals surface area (Å²) >= 11 is 7.07. The molecule has 1 fully saturated rings. The van der Waals surface area contributed by atoms with E-state index in [9.17, 15) is 18.0 Å². The molecule has 1 saturated heterocycles. The highest BCUT2D eigenvalue weighted by Crippen LogP contribution is 2.34. The first-order valence-corrected chi connectivity index (χ1v) is 12.1. The number of anilines is 1. The van der Waals surface area contributed by atoms with Gasteiger partial charge in [0.25, 0.3) is 15.6 Å². The van der Waals surface area contributed by atoms with Gasteiger partial charge in [0.1, 0.15) is 15.9 Å². The van der Waals surface area contributed by atoms with Gasteiger partial charge in [-0.3, -0.25) is 9.59 Å². The second-order valence-electron chi connectivity index (χ2n) is 7.15. The molecule has 0 spiro atoms. The van der Waals surface area contributed by atoms with E-state index >= 15 is 0 Å². The van der Waals surface area contributed by atoms with Crippen LogP contribution in [0.3, 0.4) is 0 Å². The van der Waals surface area contributed by atoms with Crippen molar-refractivity contribution >= 4 is 44.6 Å². The molecule has 0 aliphatic carbocycles. The number of carbonyl (C=O) groups is 1. The van der Waals surface area contributed by atoms with Gasteiger partial charge in [0, 0.05) is 23.3 Å². The summed E-state index contributed by atoms with van der Waals surface area (Å²) in [6.45, 7) is 2.10. The Morgan fingerprint density at radius 1 is 1.26 bits per heavy atom. The molecule has 1 amide bonds. The summed E-state index contributed by atoms with van der Waals surface area (Å²) in [6.07, 6.45) is 1.02. The Balaban J connectivity index is 1.57. The molecule has 1 unspecified atom stereocenters. The second-order valence-corrected chi connectivity index (χ2v) is 10.8. The predicted octanol–water partition coefficient (Wildman–Crippen LogP) is 3.25. The number of nitrogens with zero attached hydrogens (tertiary/aromatic N) is 2. The maximum atomic E-state index is 13.3. The number of hydrogen-bond acceptors (Lipinski definition) is 6. The third-order valence-corrected chi connectivity index (χ3v) is 8.76. The summed E-state index contributed by atoms with van der Waals surface area (Å²) in [5.41, 5.74) is 1.53. The van der Waals surface area contributed by atoms with Crippen molar-refractivity contribution in [3.05, 3.63) is 63.4 Å². The minimum Gasteiger partial charge on any atom is -0.324 e. The molecule has 162 valence electrons. The van der Waals surface area contributed by atoms with Crippen LogP contribution in [0.15, 0.2) is 51.5 Å². The van der Waals surface area contributed by atoms with Crippen LogP contribution in [0, 0.1) is 6.92 Å². The van der Waals surface area contributed by atoms with E-state index in [1.165, 1.54) is 22.5 Å². The molecule has 3 heterocycles. The standard InChI is InChI=1S/C20H19ClN4O4S2/c1-12-4-5-13(21)11-15(12)22-20(27)16-3-2-10-25(16)31(28,29)19-9-7-17(30-19)14-6-8-18(26)24-23-14/h4-9,11,16H,2-3,10H2,1H3,(H,22,27)(H,24,26). The second kappa shape index (κ2) is 8.54. The van der Waals surface area contributed by atoms with Gasteiger partial charge in [0.15, 0.2) is 0 Å². The summed E-state index contributed by atoms with van der Waals surface area (Å²) in [4.78, 5) is 24.7. The van der Waals surface area contributed by atoms with E-state index in [0.717, 1.165) is 16.9 Å². The molecule has 0 saturated carbocycles. The molecular formula is C20H19ClN4O4S2. The molecule has 1 aromatic carbocycles. The van der Waals surface area contributed by atoms with E-state index in [1.54, 1.807) is 24.3 Å². The number of aromatic amines is 1. The van der Waals surface area contributed by atoms with Gasteiger partial charge >= 0.3 is 0 Å². The Labute approximate surface area is 187 Å². The van der Waals surface area contributed by atoms with Crippen molar-refractivity contribution in [2.24, 2.45) is 0 Å². The van der Waals surface area contributed by atoms with Crippen molar-refractivity contribution in [2.75, 3.05) is 11.9 Å². The average molecular weight is 479 g/mol. The number of sulfonamides is 1. The highest BCUT2D eigenvalue weighted by Gasteiger charge is 2.40. The third kappa shape index (κ3) is 4.42. The van der Waals surface area contributed by atoms with Crippen LogP contribution in [-0.2, 0) is 14.8 Å². The van der Waals surface area contributed by atoms with Crippen LogP contribution in [-0.4, -0.2) is 41.4 Å². The molecule has 1 atom stereocenters. The fourth-order valence-corrected chi connectivity index (χ4v) is 6.66. The lowest BCUT2D eigenvalue weighted by molar-refractivity contribution is -0.119. The molecule has 11 heteroatoms. The first kappa shape index (κ1) is 21.7. The van der Waals surface area contributed by atoms with Crippen LogP contribution in [0.2, 0.25) is 5.02 Å². The molecule has 1 aliphatic heterocycles. The van der Waals surface area contributed by atoms with E-state index < -0.39 is 16.1 Å². The maximum Gasteiger partial charge on any atom is 0.264 e. The van der Waals surface area contributed by atoms with E-state index in [-0.39, 0.29) is 22.2 Å². The smallest absolute Gasteiger partial charge is 0.264 e. The van der Waals surface area contributed by atoms with Gasteiger partial charge in [-0.05, 0) is 55.7 Å². The van der Waals surface area contributed by atoms with Crippen molar-refractivity contribution in [1.82, 2.24) is 14.5 Å². The molecule has 1 aliphatic rings. The largest absolute Gasteiger partial charge is 0.324 e. The van der Waals surface area contributed by atoms with Crippen molar-refractivity contribution in [2.45, 2.75) is 30.0 Å². The average Bonchev–Trinajstić information content (AvgIpc) is 3.42. The number of amides is 1. The van der Waals surface area contributed by atoms with Crippen LogP contribution in [0.1, 0.15) is 18.4 Å². The van der Waals surface area contributed by atoms with Crippen molar-refractivity contribution in [3.63, 3.8) is 0 Å². The van der Waals surface area contributed by atoms with E-state index in [1.807, 2.05) is 6.92 Å². The Kier molecular flexibility index (Phi) is 5.98. The number of carbonyl (C=O) groups excluding carboxylic acids is 1. The number of halogens is 1. The summed E-state index contributed by atoms with van der Waals surface area (Å²) in [5, 5.41) is 9.57. The SMILES string of the molecule is Cc1ccc(Cl)cc1NC(=O)C1CCCN1S(=O)(=O)c1ccc(-c2ccc(=O)[nH]n2)s1. The summed E-state index contributed by atoms with van der Waals surface area (Å²) < 4.78 is 27.9. The first-order valence-electron chi connectivity index (χ1n) is 9.50. The van der Waals surface area contributed by atoms with Gasteiger partial charge in [0.2, 0.25) is 5.91 Å². The normalized spacial score (nSPS) is 17.0. The van der Waals surface area contributed by atoms with Gasteiger partial charge in [-0.1, -0.05) is 17.7 Å². The molecule has 0 bridgehead atoms. The Hall–Kier alpha value is -2.53. The van der Waals surface area contributed by atoms with Crippen LogP contribution in [0.25, 0.3) is 10.6 Å². The predicted molar refractivity (Wildman–Crippen MR) is 120 cm³/mol. The fourth-order valence-electron chi connectivity index (χ4n) is 3.43. The number of H-pyrrole nitrogens is 1. The third-order valence-electron chi connectivity index (χ3n) is 5.04. The Morgan fingerprint density at radius 2 is 2.06 bits per heavy atom. The van der Waals surface area contributed by atoms with Crippen molar-refractivity contribution in [1.29, 1.82) is 0 Å². The zero-order chi connectivity index (χ0) is 22.2. The number of hydrogen-bond donors (Lipinski definition) is 2. The molecule has 2 aromatic heterocycles. The van der Waals surface area contributed by atoms with E-state index in [0.29, 0.717) is 34.1 Å². The van der Waals surface area contributed by atoms with Gasteiger partial charge in [-0.2, -0.15) is 9.40 Å². The highest BCUT2D eigenvalue weighted by atomic mass is 35.5. The molecule has 31 heavy (non-hydrogen) atoms. The molecule has 3 aromatic rings. The molecule has 8 nitrogen and oxygen atoms in total. The van der Waals surface area contributed by atoms with Gasteiger partial charge < -0.3 is 5.32 Å². The Bertz CT molecular complexity index is 1280. The summed E-state index contributed by atoms with van der Waals surface area (Å²) in [5.74, 6) is -0.384. The maximum absolute atomic E-state index is 13.3. The monoisotopic (exact) mass is 478 g/mol. The fraction of sp³-hybridized carbons (Fsp3) is 0.250. The minimum absolute atomic E-state index is 0.120. The molecule has 0 radical (unpaired) electrons. The number of rotatable bonds is 5. The van der Waals surface area contributed by atoms with Crippen LogP contribution in [0.5, 0.6) is 0 Å². The topological polar surface area (TPSA) is 112 Å². The van der Waals surface area contributed by atoms with Crippen LogP contribution in [0.4, 0.5) is 5.69 Å². The zero-order valence-corrected chi connectivity index (χ0v) is 18.9. The van der Waals surface area contributed by atoms with Crippen molar-refractivity contribution < 1.29 is 13.2 Å². The van der Waals surface area contributed by atoms with E-state index in [4.69, 9.17) is 11.6 Å². The zero-order valence-electron chi connectivity index (χ0n) is 16.5. The lowest BCUT2D eigenvalue weighted by atomic mass is 10.1. The number of aromatic nitrogens is 2.